The maximum Gasteiger partial charge on any atom is 0.123 e. The van der Waals surface area contributed by atoms with Crippen LogP contribution in [0.5, 0.6) is 0 Å². The number of aliphatic imine (C=N–C) groups is 1. The molecule has 1 unspecified atom stereocenters. The van der Waals surface area contributed by atoms with E-state index < -0.39 is 0 Å². The van der Waals surface area contributed by atoms with Crippen molar-refractivity contribution in [3.63, 3.8) is 0 Å². The number of amidine groups is 1. The summed E-state index contributed by atoms with van der Waals surface area (Å²) in [5, 5.41) is 7.09. The number of rotatable bonds is 3. The molecular weight excluding hydrogens is 210 g/mol. The van der Waals surface area contributed by atoms with Crippen molar-refractivity contribution in [1.82, 2.24) is 10.6 Å². The van der Waals surface area contributed by atoms with E-state index in [-0.39, 0.29) is 0 Å². The Morgan fingerprint density at radius 2 is 2.35 bits per heavy atom. The van der Waals surface area contributed by atoms with Crippen LogP contribution in [-0.4, -0.2) is 31.5 Å². The molecule has 3 aliphatic rings. The van der Waals surface area contributed by atoms with Crippen LogP contribution in [0.1, 0.15) is 38.5 Å². The van der Waals surface area contributed by atoms with Crippen molar-refractivity contribution in [1.29, 1.82) is 0 Å². The second-order valence-electron chi connectivity index (χ2n) is 5.58. The zero-order valence-corrected chi connectivity index (χ0v) is 10.5. The predicted molar refractivity (Wildman–Crippen MR) is 71.4 cm³/mol. The number of hydrogen-bond donors (Lipinski definition) is 2. The molecule has 3 aliphatic heterocycles. The average molecular weight is 233 g/mol. The van der Waals surface area contributed by atoms with Gasteiger partial charge in [-0.2, -0.15) is 0 Å². The van der Waals surface area contributed by atoms with Crippen LogP contribution in [0.25, 0.3) is 0 Å². The highest BCUT2D eigenvalue weighted by Crippen LogP contribution is 2.22. The van der Waals surface area contributed by atoms with Crippen LogP contribution in [-0.2, 0) is 0 Å². The van der Waals surface area contributed by atoms with Crippen LogP contribution in [0.15, 0.2) is 16.6 Å². The molecule has 3 nitrogen and oxygen atoms in total. The Kier molecular flexibility index (Phi) is 3.46. The highest BCUT2D eigenvalue weighted by atomic mass is 15.0. The second kappa shape index (κ2) is 5.21. The maximum absolute atomic E-state index is 4.61. The van der Waals surface area contributed by atoms with Gasteiger partial charge in [-0.05, 0) is 63.1 Å². The van der Waals surface area contributed by atoms with Crippen LogP contribution in [0.2, 0.25) is 0 Å². The van der Waals surface area contributed by atoms with Gasteiger partial charge in [0.15, 0.2) is 0 Å². The summed E-state index contributed by atoms with van der Waals surface area (Å²) < 4.78 is 0. The molecule has 0 radical (unpaired) electrons. The van der Waals surface area contributed by atoms with Gasteiger partial charge < -0.3 is 10.6 Å². The van der Waals surface area contributed by atoms with Crippen molar-refractivity contribution in [3.8, 4) is 0 Å². The van der Waals surface area contributed by atoms with E-state index in [2.05, 4.69) is 21.7 Å². The van der Waals surface area contributed by atoms with Crippen molar-refractivity contribution in [3.05, 3.63) is 11.6 Å². The van der Waals surface area contributed by atoms with E-state index in [1.807, 2.05) is 0 Å². The quantitative estimate of drug-likeness (QED) is 0.780. The molecule has 0 aromatic rings. The fourth-order valence-corrected chi connectivity index (χ4v) is 3.14. The maximum atomic E-state index is 4.61. The van der Waals surface area contributed by atoms with Crippen molar-refractivity contribution >= 4 is 5.84 Å². The lowest BCUT2D eigenvalue weighted by Gasteiger charge is -2.29. The van der Waals surface area contributed by atoms with Gasteiger partial charge in [0.25, 0.3) is 0 Å². The summed E-state index contributed by atoms with van der Waals surface area (Å²) in [6.07, 6.45) is 10.1. The summed E-state index contributed by atoms with van der Waals surface area (Å²) in [6.45, 7) is 3.47. The van der Waals surface area contributed by atoms with E-state index >= 15 is 0 Å². The highest BCUT2D eigenvalue weighted by molar-refractivity contribution is 5.99. The smallest absolute Gasteiger partial charge is 0.123 e. The lowest BCUT2D eigenvalue weighted by molar-refractivity contribution is 0.445. The molecule has 1 fully saturated rings. The minimum Gasteiger partial charge on any atom is -0.367 e. The molecule has 0 amide bonds. The Morgan fingerprint density at radius 1 is 1.35 bits per heavy atom. The van der Waals surface area contributed by atoms with Crippen molar-refractivity contribution < 1.29 is 0 Å². The van der Waals surface area contributed by atoms with E-state index in [1.54, 1.807) is 0 Å². The molecule has 0 aromatic heterocycles. The van der Waals surface area contributed by atoms with Gasteiger partial charge >= 0.3 is 0 Å². The van der Waals surface area contributed by atoms with Gasteiger partial charge in [0.05, 0.1) is 0 Å². The zero-order valence-electron chi connectivity index (χ0n) is 10.5. The van der Waals surface area contributed by atoms with E-state index in [1.165, 1.54) is 63.0 Å². The monoisotopic (exact) mass is 233 g/mol. The Balaban J connectivity index is 1.51. The summed E-state index contributed by atoms with van der Waals surface area (Å²) in [5.74, 6) is 2.12. The SMILES string of the molecule is C1=C2CCCN=C2NC(CC[C@@H]2CCNC2)C1. The van der Waals surface area contributed by atoms with Crippen molar-refractivity contribution in [2.24, 2.45) is 10.9 Å². The fraction of sp³-hybridized carbons (Fsp3) is 0.786. The summed E-state index contributed by atoms with van der Waals surface area (Å²) in [4.78, 5) is 4.61. The Bertz CT molecular complexity index is 326. The summed E-state index contributed by atoms with van der Waals surface area (Å²) >= 11 is 0. The molecule has 1 saturated heterocycles. The van der Waals surface area contributed by atoms with E-state index in [0.717, 1.165) is 12.5 Å². The third kappa shape index (κ3) is 2.71. The molecule has 0 aromatic carbocycles. The molecule has 0 aliphatic carbocycles. The molecule has 17 heavy (non-hydrogen) atoms. The van der Waals surface area contributed by atoms with Gasteiger partial charge in [-0.3, -0.25) is 4.99 Å². The summed E-state index contributed by atoms with van der Waals surface area (Å²) in [5.41, 5.74) is 1.47. The molecule has 3 heteroatoms. The largest absolute Gasteiger partial charge is 0.367 e. The van der Waals surface area contributed by atoms with Gasteiger partial charge in [-0.1, -0.05) is 6.08 Å². The van der Waals surface area contributed by atoms with E-state index in [9.17, 15) is 0 Å². The summed E-state index contributed by atoms with van der Waals surface area (Å²) in [6, 6.07) is 0.635. The van der Waals surface area contributed by atoms with Crippen LogP contribution in [0.3, 0.4) is 0 Å². The molecular formula is C14H23N3. The Hall–Kier alpha value is -0.830. The lowest BCUT2D eigenvalue weighted by Crippen LogP contribution is -2.40. The second-order valence-corrected chi connectivity index (χ2v) is 5.58. The van der Waals surface area contributed by atoms with E-state index in [4.69, 9.17) is 0 Å². The number of hydrogen-bond acceptors (Lipinski definition) is 3. The Labute approximate surface area is 104 Å². The first-order valence-corrected chi connectivity index (χ1v) is 7.13. The number of fused-ring (bicyclic) bond motifs is 1. The van der Waals surface area contributed by atoms with E-state index in [0.29, 0.717) is 6.04 Å². The normalized spacial score (nSPS) is 32.5. The minimum atomic E-state index is 0.635. The van der Waals surface area contributed by atoms with Crippen LogP contribution in [0.4, 0.5) is 0 Å². The topological polar surface area (TPSA) is 36.4 Å². The van der Waals surface area contributed by atoms with Crippen LogP contribution < -0.4 is 10.6 Å². The number of nitrogens with one attached hydrogen (secondary N) is 2. The van der Waals surface area contributed by atoms with Gasteiger partial charge in [-0.15, -0.1) is 0 Å². The first-order chi connectivity index (χ1) is 8.42. The molecule has 94 valence electrons. The first-order valence-electron chi connectivity index (χ1n) is 7.13. The number of nitrogens with zero attached hydrogens (tertiary/aromatic N) is 1. The van der Waals surface area contributed by atoms with Gasteiger partial charge in [-0.25, -0.2) is 0 Å². The molecule has 0 spiro atoms. The molecule has 2 N–H and O–H groups in total. The molecule has 2 atom stereocenters. The van der Waals surface area contributed by atoms with Gasteiger partial charge in [0, 0.05) is 12.6 Å². The van der Waals surface area contributed by atoms with Gasteiger partial charge in [0.1, 0.15) is 5.84 Å². The van der Waals surface area contributed by atoms with Gasteiger partial charge in [0.2, 0.25) is 0 Å². The van der Waals surface area contributed by atoms with Crippen molar-refractivity contribution in [2.45, 2.75) is 44.6 Å². The first kappa shape index (κ1) is 11.3. The molecule has 0 bridgehead atoms. The van der Waals surface area contributed by atoms with Crippen LogP contribution >= 0.6 is 0 Å². The fourth-order valence-electron chi connectivity index (χ4n) is 3.14. The van der Waals surface area contributed by atoms with Crippen molar-refractivity contribution in [2.75, 3.05) is 19.6 Å². The lowest BCUT2D eigenvalue weighted by atomic mass is 9.93. The average Bonchev–Trinajstić information content (AvgIpc) is 2.89. The predicted octanol–water partition coefficient (Wildman–Crippen LogP) is 1.86. The molecule has 0 saturated carbocycles. The zero-order chi connectivity index (χ0) is 11.5. The Morgan fingerprint density at radius 3 is 3.24 bits per heavy atom. The standard InChI is InChI=1S/C14H23N3/c1-2-12-4-6-13(17-14(12)16-8-1)5-3-11-7-9-15-10-11/h4,11,13,15H,1-3,5-10H2,(H,16,17)/t11-,13?/m1/s1. The third-order valence-electron chi connectivity index (χ3n) is 4.25. The molecule has 3 rings (SSSR count). The molecule has 3 heterocycles. The minimum absolute atomic E-state index is 0.635. The highest BCUT2D eigenvalue weighted by Gasteiger charge is 2.22. The third-order valence-corrected chi connectivity index (χ3v) is 4.25. The van der Waals surface area contributed by atoms with Crippen LogP contribution in [0, 0.1) is 5.92 Å². The summed E-state index contributed by atoms with van der Waals surface area (Å²) in [7, 11) is 0.